The summed E-state index contributed by atoms with van der Waals surface area (Å²) in [5, 5.41) is 6.71. The molecule has 0 radical (unpaired) electrons. The van der Waals surface area contributed by atoms with Crippen molar-refractivity contribution in [2.24, 2.45) is 4.99 Å². The lowest BCUT2D eigenvalue weighted by molar-refractivity contribution is 0.203. The van der Waals surface area contributed by atoms with Gasteiger partial charge in [-0.2, -0.15) is 0 Å². The van der Waals surface area contributed by atoms with Gasteiger partial charge >= 0.3 is 0 Å². The fraction of sp³-hybridized carbons (Fsp3) is 0.588. The van der Waals surface area contributed by atoms with Gasteiger partial charge in [0.15, 0.2) is 5.96 Å². The summed E-state index contributed by atoms with van der Waals surface area (Å²) in [5.74, 6) is 0.828. The molecule has 1 aromatic carbocycles. The minimum atomic E-state index is 0. The Bertz CT molecular complexity index is 419. The molecule has 0 aliphatic carbocycles. The van der Waals surface area contributed by atoms with Gasteiger partial charge in [-0.1, -0.05) is 44.2 Å². The molecule has 0 bridgehead atoms. The summed E-state index contributed by atoms with van der Waals surface area (Å²) in [6.45, 7) is 6.80. The van der Waals surface area contributed by atoms with E-state index in [4.69, 9.17) is 4.74 Å². The van der Waals surface area contributed by atoms with Crippen LogP contribution in [-0.4, -0.2) is 39.8 Å². The smallest absolute Gasteiger partial charge is 0.191 e. The number of halogens is 1. The summed E-state index contributed by atoms with van der Waals surface area (Å²) >= 11 is 0. The second-order valence-electron chi connectivity index (χ2n) is 5.20. The Morgan fingerprint density at radius 1 is 1.14 bits per heavy atom. The molecule has 5 heteroatoms. The van der Waals surface area contributed by atoms with E-state index >= 15 is 0 Å². The molecule has 0 saturated heterocycles. The first-order chi connectivity index (χ1) is 10.2. The van der Waals surface area contributed by atoms with Crippen molar-refractivity contribution in [1.82, 2.24) is 10.6 Å². The van der Waals surface area contributed by atoms with Crippen LogP contribution in [0.5, 0.6) is 0 Å². The van der Waals surface area contributed by atoms with Crippen LogP contribution in [0.3, 0.4) is 0 Å². The molecule has 0 spiro atoms. The topological polar surface area (TPSA) is 45.7 Å². The zero-order valence-corrected chi connectivity index (χ0v) is 16.5. The Balaban J connectivity index is 0.00000441. The first-order valence-electron chi connectivity index (χ1n) is 7.71. The molecule has 0 unspecified atom stereocenters. The summed E-state index contributed by atoms with van der Waals surface area (Å²) in [6, 6.07) is 10.7. The number of rotatable bonds is 8. The van der Waals surface area contributed by atoms with Gasteiger partial charge in [0, 0.05) is 32.7 Å². The number of ether oxygens (including phenoxy) is 1. The zero-order valence-electron chi connectivity index (χ0n) is 14.2. The quantitative estimate of drug-likeness (QED) is 0.295. The molecule has 0 aliphatic rings. The molecule has 4 nitrogen and oxygen atoms in total. The highest BCUT2D eigenvalue weighted by molar-refractivity contribution is 14.0. The van der Waals surface area contributed by atoms with Gasteiger partial charge in [0.25, 0.3) is 0 Å². The van der Waals surface area contributed by atoms with Gasteiger partial charge in [-0.25, -0.2) is 0 Å². The van der Waals surface area contributed by atoms with Crippen LogP contribution in [-0.2, 0) is 10.2 Å². The number of aliphatic imine (C=N–C) groups is 1. The maximum atomic E-state index is 5.05. The maximum Gasteiger partial charge on any atom is 0.191 e. The number of guanidine groups is 1. The Labute approximate surface area is 152 Å². The largest absolute Gasteiger partial charge is 0.383 e. The van der Waals surface area contributed by atoms with Crippen molar-refractivity contribution in [3.8, 4) is 0 Å². The number of hydrogen-bond acceptors (Lipinski definition) is 2. The van der Waals surface area contributed by atoms with Crippen molar-refractivity contribution in [2.75, 3.05) is 33.9 Å². The van der Waals surface area contributed by atoms with Crippen molar-refractivity contribution in [2.45, 2.75) is 32.1 Å². The second-order valence-corrected chi connectivity index (χ2v) is 5.20. The molecule has 126 valence electrons. The van der Waals surface area contributed by atoms with Crippen LogP contribution in [0.15, 0.2) is 35.3 Å². The molecule has 2 N–H and O–H groups in total. The average molecular weight is 419 g/mol. The third kappa shape index (κ3) is 6.12. The lowest BCUT2D eigenvalue weighted by atomic mass is 9.76. The predicted octanol–water partition coefficient (Wildman–Crippen LogP) is 3.17. The van der Waals surface area contributed by atoms with E-state index in [0.29, 0.717) is 6.61 Å². The third-order valence-corrected chi connectivity index (χ3v) is 4.16. The normalized spacial score (nSPS) is 11.7. The molecule has 1 rings (SSSR count). The Morgan fingerprint density at radius 3 is 2.27 bits per heavy atom. The Morgan fingerprint density at radius 2 is 1.77 bits per heavy atom. The number of benzene rings is 1. The average Bonchev–Trinajstić information content (AvgIpc) is 2.55. The summed E-state index contributed by atoms with van der Waals surface area (Å²) in [7, 11) is 3.50. The molecule has 0 amide bonds. The van der Waals surface area contributed by atoms with E-state index in [1.54, 1.807) is 14.2 Å². The second kappa shape index (κ2) is 11.7. The number of nitrogens with zero attached hydrogens (tertiary/aromatic N) is 1. The van der Waals surface area contributed by atoms with Crippen LogP contribution in [0.4, 0.5) is 0 Å². The van der Waals surface area contributed by atoms with E-state index in [2.05, 4.69) is 59.8 Å². The van der Waals surface area contributed by atoms with Gasteiger partial charge in [-0.05, 0) is 18.4 Å². The number of hydrogen-bond donors (Lipinski definition) is 2. The SMILES string of the molecule is CCC(CC)(CNC(=NC)NCCOC)c1ccccc1.I. The molecule has 0 saturated carbocycles. The molecule has 22 heavy (non-hydrogen) atoms. The standard InChI is InChI=1S/C17H29N3O.HI/c1-5-17(6-2,15-10-8-7-9-11-15)14-20-16(18-3)19-12-13-21-4;/h7-11H,5-6,12-14H2,1-4H3,(H2,18,19,20);1H. The van der Waals surface area contributed by atoms with Gasteiger partial charge < -0.3 is 15.4 Å². The predicted molar refractivity (Wildman–Crippen MR) is 105 cm³/mol. The van der Waals surface area contributed by atoms with Crippen LogP contribution in [0.2, 0.25) is 0 Å². The summed E-state index contributed by atoms with van der Waals surface area (Å²) in [6.07, 6.45) is 2.19. The van der Waals surface area contributed by atoms with E-state index in [1.807, 2.05) is 0 Å². The van der Waals surface area contributed by atoms with Gasteiger partial charge in [-0.15, -0.1) is 24.0 Å². The van der Waals surface area contributed by atoms with Gasteiger partial charge in [-0.3, -0.25) is 4.99 Å². The van der Waals surface area contributed by atoms with E-state index in [0.717, 1.165) is 31.9 Å². The van der Waals surface area contributed by atoms with Crippen molar-refractivity contribution >= 4 is 29.9 Å². The number of nitrogens with one attached hydrogen (secondary N) is 2. The summed E-state index contributed by atoms with van der Waals surface area (Å²) in [5.41, 5.74) is 1.52. The van der Waals surface area contributed by atoms with E-state index in [9.17, 15) is 0 Å². The molecule has 1 aromatic rings. The van der Waals surface area contributed by atoms with Crippen molar-refractivity contribution in [3.63, 3.8) is 0 Å². The van der Waals surface area contributed by atoms with Gasteiger partial charge in [0.05, 0.1) is 6.61 Å². The third-order valence-electron chi connectivity index (χ3n) is 4.16. The molecular formula is C17H30IN3O. The summed E-state index contributed by atoms with van der Waals surface area (Å²) < 4.78 is 5.05. The highest BCUT2D eigenvalue weighted by Gasteiger charge is 2.28. The minimum absolute atomic E-state index is 0. The van der Waals surface area contributed by atoms with Crippen LogP contribution >= 0.6 is 24.0 Å². The Hall–Kier alpha value is -0.820. The fourth-order valence-electron chi connectivity index (χ4n) is 2.55. The first kappa shape index (κ1) is 21.2. The molecular weight excluding hydrogens is 389 g/mol. The van der Waals surface area contributed by atoms with Gasteiger partial charge in [0.2, 0.25) is 0 Å². The van der Waals surface area contributed by atoms with Crippen LogP contribution in [0.1, 0.15) is 32.3 Å². The lowest BCUT2D eigenvalue weighted by Gasteiger charge is -2.33. The lowest BCUT2D eigenvalue weighted by Crippen LogP contribution is -2.46. The van der Waals surface area contributed by atoms with Crippen molar-refractivity contribution in [1.29, 1.82) is 0 Å². The molecule has 0 fully saturated rings. The van der Waals surface area contributed by atoms with Crippen LogP contribution < -0.4 is 10.6 Å². The highest BCUT2D eigenvalue weighted by atomic mass is 127. The molecule has 0 atom stereocenters. The van der Waals surface area contributed by atoms with Crippen LogP contribution in [0.25, 0.3) is 0 Å². The minimum Gasteiger partial charge on any atom is -0.383 e. The maximum absolute atomic E-state index is 5.05. The molecule has 0 aliphatic heterocycles. The number of methoxy groups -OCH3 is 1. The first-order valence-corrected chi connectivity index (χ1v) is 7.71. The molecule has 0 aromatic heterocycles. The van der Waals surface area contributed by atoms with Gasteiger partial charge in [0.1, 0.15) is 0 Å². The highest BCUT2D eigenvalue weighted by Crippen LogP contribution is 2.30. The monoisotopic (exact) mass is 419 g/mol. The van der Waals surface area contributed by atoms with E-state index < -0.39 is 0 Å². The Kier molecular flexibility index (Phi) is 11.3. The van der Waals surface area contributed by atoms with Crippen molar-refractivity contribution < 1.29 is 4.74 Å². The molecule has 0 heterocycles. The van der Waals surface area contributed by atoms with E-state index in [-0.39, 0.29) is 29.4 Å². The van der Waals surface area contributed by atoms with Crippen molar-refractivity contribution in [3.05, 3.63) is 35.9 Å². The van der Waals surface area contributed by atoms with Crippen LogP contribution in [0, 0.1) is 0 Å². The summed E-state index contributed by atoms with van der Waals surface area (Å²) in [4.78, 5) is 4.26. The van der Waals surface area contributed by atoms with E-state index in [1.165, 1.54) is 5.56 Å². The zero-order chi connectivity index (χ0) is 15.6. The fourth-order valence-corrected chi connectivity index (χ4v) is 2.55.